The van der Waals surface area contributed by atoms with E-state index in [1.54, 1.807) is 0 Å². The molecule has 0 saturated carbocycles. The van der Waals surface area contributed by atoms with Gasteiger partial charge in [-0.3, -0.25) is 0 Å². The fourth-order valence-corrected chi connectivity index (χ4v) is 1.24. The molecule has 1 aromatic rings. The van der Waals surface area contributed by atoms with E-state index in [9.17, 15) is 0 Å². The topological polar surface area (TPSA) is 18.5 Å². The van der Waals surface area contributed by atoms with Crippen LogP contribution in [0.5, 0.6) is 0 Å². The van der Waals surface area contributed by atoms with Crippen molar-refractivity contribution in [2.75, 3.05) is 13.2 Å². The van der Waals surface area contributed by atoms with E-state index in [0.29, 0.717) is 18.2 Å². The van der Waals surface area contributed by atoms with Crippen LogP contribution in [0, 0.1) is 11.8 Å². The van der Waals surface area contributed by atoms with Crippen molar-refractivity contribution in [3.63, 3.8) is 0 Å². The highest BCUT2D eigenvalue weighted by molar-refractivity contribution is 6.30. The average Bonchev–Trinajstić information content (AvgIpc) is 2.27. The Hall–Kier alpha value is -1.01. The van der Waals surface area contributed by atoms with Crippen molar-refractivity contribution >= 4 is 11.6 Å². The summed E-state index contributed by atoms with van der Waals surface area (Å²) in [4.78, 5) is 0. The molecule has 1 unspecified atom stereocenters. The first-order chi connectivity index (χ1) is 7.72. The van der Waals surface area contributed by atoms with Crippen LogP contribution in [0.1, 0.15) is 19.4 Å². The summed E-state index contributed by atoms with van der Waals surface area (Å²) in [6.45, 7) is 4.79. The van der Waals surface area contributed by atoms with Gasteiger partial charge < -0.3 is 9.47 Å². The van der Waals surface area contributed by atoms with Gasteiger partial charge in [-0.25, -0.2) is 0 Å². The number of benzene rings is 1. The largest absolute Gasteiger partial charge is 0.353 e. The second-order valence-corrected chi connectivity index (χ2v) is 3.58. The Morgan fingerprint density at radius 2 is 1.94 bits per heavy atom. The van der Waals surface area contributed by atoms with Crippen molar-refractivity contribution in [1.82, 2.24) is 0 Å². The van der Waals surface area contributed by atoms with Gasteiger partial charge >= 0.3 is 0 Å². The molecular formula is C13H15ClO2. The minimum Gasteiger partial charge on any atom is -0.353 e. The van der Waals surface area contributed by atoms with Crippen LogP contribution in [0.15, 0.2) is 24.3 Å². The molecule has 0 bridgehead atoms. The number of halogens is 1. The summed E-state index contributed by atoms with van der Waals surface area (Å²) in [7, 11) is 0. The van der Waals surface area contributed by atoms with Crippen molar-refractivity contribution in [1.29, 1.82) is 0 Å². The minimum atomic E-state index is -0.204. The van der Waals surface area contributed by atoms with Gasteiger partial charge in [-0.1, -0.05) is 23.4 Å². The van der Waals surface area contributed by atoms with Gasteiger partial charge in [0.05, 0.1) is 0 Å². The zero-order chi connectivity index (χ0) is 11.8. The number of hydrogen-bond donors (Lipinski definition) is 0. The van der Waals surface area contributed by atoms with Crippen molar-refractivity contribution in [2.24, 2.45) is 0 Å². The summed E-state index contributed by atoms with van der Waals surface area (Å²) >= 11 is 5.76. The van der Waals surface area contributed by atoms with Crippen molar-refractivity contribution < 1.29 is 9.47 Å². The van der Waals surface area contributed by atoms with Crippen molar-refractivity contribution in [3.05, 3.63) is 34.9 Å². The van der Waals surface area contributed by atoms with Crippen LogP contribution < -0.4 is 0 Å². The van der Waals surface area contributed by atoms with Gasteiger partial charge in [0.25, 0.3) is 0 Å². The zero-order valence-corrected chi connectivity index (χ0v) is 10.3. The predicted molar refractivity (Wildman–Crippen MR) is 65.4 cm³/mol. The molecule has 1 atom stereocenters. The highest BCUT2D eigenvalue weighted by Crippen LogP contribution is 2.08. The first kappa shape index (κ1) is 13.1. The van der Waals surface area contributed by atoms with Crippen LogP contribution in [0.25, 0.3) is 0 Å². The molecule has 0 amide bonds. The molecule has 2 nitrogen and oxygen atoms in total. The van der Waals surface area contributed by atoms with Crippen LogP contribution in [0.4, 0.5) is 0 Å². The molecule has 1 rings (SSSR count). The lowest BCUT2D eigenvalue weighted by molar-refractivity contribution is -0.117. The lowest BCUT2D eigenvalue weighted by atomic mass is 10.2. The van der Waals surface area contributed by atoms with Crippen molar-refractivity contribution in [3.8, 4) is 11.8 Å². The van der Waals surface area contributed by atoms with Crippen LogP contribution in [-0.4, -0.2) is 19.5 Å². The molecule has 0 N–H and O–H groups in total. The molecule has 0 aliphatic carbocycles. The van der Waals surface area contributed by atoms with Gasteiger partial charge in [-0.05, 0) is 38.1 Å². The first-order valence-corrected chi connectivity index (χ1v) is 5.58. The van der Waals surface area contributed by atoms with Crippen LogP contribution >= 0.6 is 11.6 Å². The molecule has 0 aliphatic heterocycles. The summed E-state index contributed by atoms with van der Waals surface area (Å²) in [5, 5.41) is 0.715. The maximum atomic E-state index is 5.76. The third-order valence-electron chi connectivity index (χ3n) is 1.87. The molecule has 3 heteroatoms. The summed E-state index contributed by atoms with van der Waals surface area (Å²) < 4.78 is 10.5. The Balaban J connectivity index is 2.35. The van der Waals surface area contributed by atoms with Gasteiger partial charge in [-0.2, -0.15) is 0 Å². The Morgan fingerprint density at radius 3 is 2.56 bits per heavy atom. The smallest absolute Gasteiger partial charge is 0.156 e. The SMILES string of the molecule is CCOC(C)OCC#Cc1ccc(Cl)cc1. The van der Waals surface area contributed by atoms with E-state index in [1.165, 1.54) is 0 Å². The van der Waals surface area contributed by atoms with E-state index in [2.05, 4.69) is 11.8 Å². The summed E-state index contributed by atoms with van der Waals surface area (Å²) in [5.41, 5.74) is 0.928. The average molecular weight is 239 g/mol. The molecule has 0 radical (unpaired) electrons. The maximum absolute atomic E-state index is 5.76. The fourth-order valence-electron chi connectivity index (χ4n) is 1.11. The molecule has 0 heterocycles. The molecule has 0 fully saturated rings. The van der Waals surface area contributed by atoms with Gasteiger partial charge in [0, 0.05) is 17.2 Å². The summed E-state index contributed by atoms with van der Waals surface area (Å²) in [5.74, 6) is 5.90. The number of ether oxygens (including phenoxy) is 2. The maximum Gasteiger partial charge on any atom is 0.156 e. The highest BCUT2D eigenvalue weighted by atomic mass is 35.5. The van der Waals surface area contributed by atoms with E-state index < -0.39 is 0 Å². The highest BCUT2D eigenvalue weighted by Gasteiger charge is 1.96. The molecule has 1 aromatic carbocycles. The van der Waals surface area contributed by atoms with E-state index in [4.69, 9.17) is 21.1 Å². The second kappa shape index (κ2) is 7.29. The molecule has 0 aliphatic rings. The molecular weight excluding hydrogens is 224 g/mol. The zero-order valence-electron chi connectivity index (χ0n) is 9.50. The van der Waals surface area contributed by atoms with Gasteiger partial charge in [0.2, 0.25) is 0 Å². The van der Waals surface area contributed by atoms with Gasteiger partial charge in [-0.15, -0.1) is 0 Å². The molecule has 0 saturated heterocycles. The second-order valence-electron chi connectivity index (χ2n) is 3.14. The van der Waals surface area contributed by atoms with Crippen molar-refractivity contribution in [2.45, 2.75) is 20.1 Å². The Kier molecular flexibility index (Phi) is 5.95. The van der Waals surface area contributed by atoms with Gasteiger partial charge in [0.15, 0.2) is 6.29 Å². The van der Waals surface area contributed by atoms with Crippen LogP contribution in [-0.2, 0) is 9.47 Å². The summed E-state index contributed by atoms with van der Waals surface area (Å²) in [6, 6.07) is 7.38. The lowest BCUT2D eigenvalue weighted by Gasteiger charge is -2.09. The minimum absolute atomic E-state index is 0.204. The number of hydrogen-bond acceptors (Lipinski definition) is 2. The number of rotatable bonds is 4. The molecule has 0 spiro atoms. The Labute approximate surface area is 102 Å². The monoisotopic (exact) mass is 238 g/mol. The molecule has 86 valence electrons. The third-order valence-corrected chi connectivity index (χ3v) is 2.12. The molecule has 0 aromatic heterocycles. The molecule has 16 heavy (non-hydrogen) atoms. The van der Waals surface area contributed by atoms with E-state index in [1.807, 2.05) is 38.1 Å². The normalized spacial score (nSPS) is 11.7. The van der Waals surface area contributed by atoms with E-state index in [-0.39, 0.29) is 6.29 Å². The first-order valence-electron chi connectivity index (χ1n) is 5.20. The van der Waals surface area contributed by atoms with E-state index >= 15 is 0 Å². The standard InChI is InChI=1S/C13H15ClO2/c1-3-15-11(2)16-10-4-5-12-6-8-13(14)9-7-12/h6-9,11H,3,10H2,1-2H3. The fraction of sp³-hybridized carbons (Fsp3) is 0.385. The third kappa shape index (κ3) is 5.18. The Morgan fingerprint density at radius 1 is 1.25 bits per heavy atom. The van der Waals surface area contributed by atoms with E-state index in [0.717, 1.165) is 5.56 Å². The van der Waals surface area contributed by atoms with Crippen LogP contribution in [0.3, 0.4) is 0 Å². The Bertz CT molecular complexity index is 362. The quantitative estimate of drug-likeness (QED) is 0.593. The van der Waals surface area contributed by atoms with Gasteiger partial charge in [0.1, 0.15) is 6.61 Å². The lowest BCUT2D eigenvalue weighted by Crippen LogP contribution is -2.12. The summed E-state index contributed by atoms with van der Waals surface area (Å²) in [6.07, 6.45) is -0.204. The van der Waals surface area contributed by atoms with Crippen LogP contribution in [0.2, 0.25) is 5.02 Å². The predicted octanol–water partition coefficient (Wildman–Crippen LogP) is 3.09.